The zero-order valence-corrected chi connectivity index (χ0v) is 70.9. The van der Waals surface area contributed by atoms with Gasteiger partial charge in [-0.2, -0.15) is 11.8 Å². The van der Waals surface area contributed by atoms with Gasteiger partial charge in [-0.25, -0.2) is 4.98 Å². The number of unbranched alkanes of at least 4 members (excludes halogenated alkanes) is 2. The second-order valence-electron chi connectivity index (χ2n) is 31.3. The van der Waals surface area contributed by atoms with Crippen molar-refractivity contribution >= 4 is 112 Å². The van der Waals surface area contributed by atoms with E-state index < -0.39 is 205 Å². The number of thioether (sulfide) groups is 1. The first kappa shape index (κ1) is 105. The van der Waals surface area contributed by atoms with Gasteiger partial charge in [0.25, 0.3) is 0 Å². The van der Waals surface area contributed by atoms with Crippen LogP contribution in [0.4, 0.5) is 0 Å². The van der Waals surface area contributed by atoms with Crippen LogP contribution in [0.2, 0.25) is 0 Å². The number of rotatable bonds is 63. The van der Waals surface area contributed by atoms with E-state index in [2.05, 4.69) is 67.8 Å². The highest BCUT2D eigenvalue weighted by atomic mass is 32.2. The number of guanidine groups is 2. The van der Waals surface area contributed by atoms with Crippen molar-refractivity contribution in [1.82, 2.24) is 57.8 Å². The van der Waals surface area contributed by atoms with Gasteiger partial charge < -0.3 is 113 Å². The van der Waals surface area contributed by atoms with Crippen LogP contribution in [0.15, 0.2) is 46.8 Å². The maximum Gasteiger partial charge on any atom is 0.305 e. The standard InChI is InChI=1S/C79H132N20O19S/c1-43(2)30-50(35-64(104)55(91-47(8)102)17-11-13-26-81)71(112)92-56(18-14-27-88-78(83)84)65(105)36-51(41-100)72(113)93-57(24-29-119-9)67(107)38-54(46(7)101)73(114)95-59(39-68(108)109)66(106)34-49(16-10-12-25-80)70(111)97-62(33-48-20-22-53(103)23-21-48)76(117)94-58(19-15-28-89-79(85)86)74(115)98-61(32-45(5)6)75(116)99-63(37-52-40-87-42-90-52)77(118)96-60(69(82)110)31-44(3)4/h20-23,40,42-46,49-51,54-63,100-101,103H,10-19,24-39,41,80-81H2,1-9H3,(H2,82,110)(H,87,90)(H,91,102)(H,92,112)(H,93,113)(H,94,117)(H,95,114)(H,96,118)(H,97,111)(H,98,115)(H,99,116)(H,108,109)(H4,83,84,88)(H4,85,86,89)/t46-,49-,50-,51+,54+,55+,56+,57+,58+,59+,60+,61+,62+,63+/m1/s1. The van der Waals surface area contributed by atoms with Crippen LogP contribution >= 0.6 is 11.8 Å². The highest BCUT2D eigenvalue weighted by Crippen LogP contribution is 2.24. The van der Waals surface area contributed by atoms with Crippen molar-refractivity contribution in [2.75, 3.05) is 44.8 Å². The van der Waals surface area contributed by atoms with E-state index in [1.807, 2.05) is 27.7 Å². The third-order valence-corrected chi connectivity index (χ3v) is 20.1. The molecule has 2 aromatic rings. The number of carboxylic acid groups (broad SMARTS) is 1. The molecule has 119 heavy (non-hydrogen) atoms. The third-order valence-electron chi connectivity index (χ3n) is 19.4. The molecule has 0 fully saturated rings. The number of phenols is 1. The number of nitrogens with zero attached hydrogens (tertiary/aromatic N) is 3. The average molecular weight is 1700 g/mol. The van der Waals surface area contributed by atoms with Gasteiger partial charge in [0.05, 0.1) is 61.5 Å². The van der Waals surface area contributed by atoms with E-state index >= 15 is 0 Å². The summed E-state index contributed by atoms with van der Waals surface area (Å²) in [4.78, 5) is 225. The molecule has 40 heteroatoms. The molecule has 2 rings (SSSR count). The van der Waals surface area contributed by atoms with Gasteiger partial charge in [0, 0.05) is 82.3 Å². The fraction of sp³-hybridized carbons (Fsp3) is 0.671. The molecule has 10 amide bonds. The van der Waals surface area contributed by atoms with Gasteiger partial charge in [-0.1, -0.05) is 60.1 Å². The Bertz CT molecular complexity index is 3650. The van der Waals surface area contributed by atoms with Gasteiger partial charge in [0.2, 0.25) is 59.1 Å². The highest BCUT2D eigenvalue weighted by Gasteiger charge is 2.40. The number of carbonyl (C=O) groups is 15. The molecule has 1 aromatic carbocycles. The Kier molecular flexibility index (Phi) is 49.6. The molecule has 1 heterocycles. The van der Waals surface area contributed by atoms with Gasteiger partial charge in [-0.05, 0) is 151 Å². The highest BCUT2D eigenvalue weighted by molar-refractivity contribution is 7.98. The lowest BCUT2D eigenvalue weighted by Crippen LogP contribution is -2.60. The minimum Gasteiger partial charge on any atom is -0.508 e. The van der Waals surface area contributed by atoms with Crippen molar-refractivity contribution in [1.29, 1.82) is 0 Å². The molecular formula is C79H132N20O19S. The van der Waals surface area contributed by atoms with E-state index in [-0.39, 0.29) is 151 Å². The van der Waals surface area contributed by atoms with Crippen LogP contribution in [0.5, 0.6) is 5.75 Å². The summed E-state index contributed by atoms with van der Waals surface area (Å²) in [6.07, 6.45) is 0.571. The molecule has 28 N–H and O–H groups in total. The van der Waals surface area contributed by atoms with Crippen molar-refractivity contribution in [2.45, 2.75) is 251 Å². The summed E-state index contributed by atoms with van der Waals surface area (Å²) in [5, 5.41) is 66.0. The van der Waals surface area contributed by atoms with Crippen LogP contribution in [-0.2, 0) is 84.8 Å². The molecule has 0 aliphatic heterocycles. The number of phenolic OH excluding ortho intramolecular Hbond substituents is 1. The maximum atomic E-state index is 15.0. The van der Waals surface area contributed by atoms with Crippen molar-refractivity contribution in [2.24, 2.45) is 91.5 Å². The molecule has 39 nitrogen and oxygen atoms in total. The summed E-state index contributed by atoms with van der Waals surface area (Å²) in [6, 6.07) is -7.04. The largest absolute Gasteiger partial charge is 0.508 e. The molecule has 0 saturated carbocycles. The number of carbonyl (C=O) groups excluding carboxylic acids is 14. The number of nitrogens with one attached hydrogen (secondary N) is 10. The molecule has 0 radical (unpaired) electrons. The quantitative estimate of drug-likeness (QED) is 0.0197. The van der Waals surface area contributed by atoms with E-state index in [0.29, 0.717) is 37.1 Å². The topological polar surface area (TPSA) is 681 Å². The smallest absolute Gasteiger partial charge is 0.305 e. The lowest BCUT2D eigenvalue weighted by Gasteiger charge is -2.28. The van der Waals surface area contributed by atoms with E-state index in [1.54, 1.807) is 20.1 Å². The SMILES string of the molecule is CSCC[C@H](NC(=O)[C@H](CO)CC(=O)[C@H](CCCN=C(N)N)NC(=O)[C@@H](CC(=O)[C@H](CCCCN)NC(C)=O)CC(C)C)C(=O)C[C@H](C(=O)N[C@@H](CC(=O)O)C(=O)C[C@@H](CCCCN)C(=O)N[C@@H](Cc1ccc(O)cc1)C(=O)N[C@@H](CCCN=C(N)N)C(=O)N[C@@H](CC(C)C)C(=O)N[C@@H](Cc1cnc[nH]1)C(=O)N[C@@H](CC(C)C)C(N)=O)[C@@H](C)O. The molecule has 0 spiro atoms. The number of hydrogen-bond donors (Lipinski definition) is 21. The number of primary amides is 1. The number of aliphatic hydroxyl groups is 2. The minimum atomic E-state index is -1.93. The molecular weight excluding hydrogens is 1570 g/mol. The van der Waals surface area contributed by atoms with E-state index in [1.165, 1.54) is 55.5 Å². The van der Waals surface area contributed by atoms with E-state index in [0.717, 1.165) is 6.92 Å². The number of imidazole rings is 1. The normalized spacial score (nSPS) is 14.9. The molecule has 0 bridgehead atoms. The fourth-order valence-electron chi connectivity index (χ4n) is 13.1. The van der Waals surface area contributed by atoms with Crippen LogP contribution in [0.3, 0.4) is 0 Å². The van der Waals surface area contributed by atoms with E-state index in [9.17, 15) is 92.3 Å². The first-order valence-electron chi connectivity index (χ1n) is 40.5. The zero-order chi connectivity index (χ0) is 89.6. The lowest BCUT2D eigenvalue weighted by atomic mass is 9.88. The second-order valence-corrected chi connectivity index (χ2v) is 32.3. The summed E-state index contributed by atoms with van der Waals surface area (Å²) in [6.45, 7) is 12.7. The van der Waals surface area contributed by atoms with Crippen molar-refractivity contribution in [3.05, 3.63) is 48.0 Å². The van der Waals surface area contributed by atoms with E-state index in [4.69, 9.17) is 40.1 Å². The third kappa shape index (κ3) is 42.4. The van der Waals surface area contributed by atoms with Crippen LogP contribution in [0.1, 0.15) is 189 Å². The van der Waals surface area contributed by atoms with Gasteiger partial charge in [0.15, 0.2) is 35.1 Å². The van der Waals surface area contributed by atoms with Crippen LogP contribution in [0.25, 0.3) is 0 Å². The Balaban J connectivity index is 2.60. The molecule has 1 aromatic heterocycles. The Morgan fingerprint density at radius 1 is 0.462 bits per heavy atom. The van der Waals surface area contributed by atoms with Crippen molar-refractivity contribution in [3.63, 3.8) is 0 Å². The molecule has 0 saturated heterocycles. The van der Waals surface area contributed by atoms with Crippen LogP contribution in [0, 0.1) is 41.4 Å². The zero-order valence-electron chi connectivity index (χ0n) is 70.1. The first-order chi connectivity index (χ1) is 56.1. The lowest BCUT2D eigenvalue weighted by molar-refractivity contribution is -0.142. The maximum absolute atomic E-state index is 15.0. The number of ketones is 4. The Morgan fingerprint density at radius 3 is 1.39 bits per heavy atom. The van der Waals surface area contributed by atoms with Gasteiger partial charge in [-0.15, -0.1) is 0 Å². The summed E-state index contributed by atoms with van der Waals surface area (Å²) in [7, 11) is 0. The monoisotopic (exact) mass is 1700 g/mol. The fourth-order valence-corrected chi connectivity index (χ4v) is 13.6. The molecule has 0 aliphatic carbocycles. The van der Waals surface area contributed by atoms with Crippen LogP contribution in [-0.4, -0.2) is 236 Å². The number of carboxylic acids is 1. The molecule has 14 atom stereocenters. The predicted molar refractivity (Wildman–Crippen MR) is 447 cm³/mol. The van der Waals surface area contributed by atoms with Gasteiger partial charge in [-0.3, -0.25) is 81.9 Å². The van der Waals surface area contributed by atoms with Gasteiger partial charge in [0.1, 0.15) is 36.0 Å². The first-order valence-corrected chi connectivity index (χ1v) is 41.9. The number of Topliss-reactive ketones (excluding diaryl/α,β-unsaturated/α-hetero) is 4. The van der Waals surface area contributed by atoms with Crippen molar-refractivity contribution < 1.29 is 92.3 Å². The van der Waals surface area contributed by atoms with Crippen LogP contribution < -0.4 is 88.0 Å². The van der Waals surface area contributed by atoms with Crippen molar-refractivity contribution in [3.8, 4) is 5.75 Å². The summed E-state index contributed by atoms with van der Waals surface area (Å²) in [5.41, 5.74) is 40.3. The number of H-pyrrole nitrogens is 1. The number of amides is 10. The number of aliphatic carboxylic acids is 1. The number of hydrogen-bond acceptors (Lipinski definition) is 24. The predicted octanol–water partition coefficient (Wildman–Crippen LogP) is -1.83. The second kappa shape index (κ2) is 56.3. The number of nitrogens with two attached hydrogens (primary N) is 7. The number of aromatic nitrogens is 2. The summed E-state index contributed by atoms with van der Waals surface area (Å²) >= 11 is 1.26. The molecule has 0 aliphatic rings. The number of aliphatic hydroxyl groups excluding tert-OH is 2. The number of aromatic hydroxyl groups is 1. The molecule has 668 valence electrons. The number of aromatic amines is 1. The number of benzene rings is 1. The number of aliphatic imine (C=N–C) groups is 2. The summed E-state index contributed by atoms with van der Waals surface area (Å²) < 4.78 is 0. The Labute approximate surface area is 699 Å². The van der Waals surface area contributed by atoms with Gasteiger partial charge >= 0.3 is 5.97 Å². The Morgan fingerprint density at radius 2 is 0.882 bits per heavy atom. The molecule has 0 unspecified atom stereocenters. The average Bonchev–Trinajstić information content (AvgIpc) is 1.16. The Hall–Kier alpha value is -10.2. The summed E-state index contributed by atoms with van der Waals surface area (Å²) in [5.74, 6) is -19.8. The minimum absolute atomic E-state index is 0.0126.